The van der Waals surface area contributed by atoms with Crippen LogP contribution in [0.5, 0.6) is 0 Å². The van der Waals surface area contributed by atoms with E-state index in [0.717, 1.165) is 6.54 Å². The summed E-state index contributed by atoms with van der Waals surface area (Å²) in [6.07, 6.45) is 2.43. The second-order valence-corrected chi connectivity index (χ2v) is 2.65. The summed E-state index contributed by atoms with van der Waals surface area (Å²) in [6, 6.07) is 1.10. The molecule has 1 fully saturated rings. The molecule has 1 aliphatic heterocycles. The van der Waals surface area contributed by atoms with Crippen molar-refractivity contribution in [1.29, 1.82) is 0 Å². The first-order valence-corrected chi connectivity index (χ1v) is 3.28. The molecule has 2 heteroatoms. The van der Waals surface area contributed by atoms with Gasteiger partial charge in [-0.25, -0.2) is 0 Å². The first-order valence-electron chi connectivity index (χ1n) is 3.28. The Balaban J connectivity index is 2.19. The van der Waals surface area contributed by atoms with Crippen molar-refractivity contribution in [2.24, 2.45) is 5.73 Å². The van der Waals surface area contributed by atoms with Crippen LogP contribution in [0.2, 0.25) is 0 Å². The Labute approximate surface area is 50.4 Å². The van der Waals surface area contributed by atoms with Crippen molar-refractivity contribution in [1.82, 2.24) is 5.32 Å². The van der Waals surface area contributed by atoms with Gasteiger partial charge in [-0.15, -0.1) is 0 Å². The van der Waals surface area contributed by atoms with Crippen molar-refractivity contribution in [3.8, 4) is 0 Å². The monoisotopic (exact) mass is 114 g/mol. The number of rotatable bonds is 0. The van der Waals surface area contributed by atoms with Crippen molar-refractivity contribution in [3.05, 3.63) is 0 Å². The van der Waals surface area contributed by atoms with Gasteiger partial charge >= 0.3 is 0 Å². The SMILES string of the molecule is C[C@@H]1CC[C@H](N)CN1. The molecule has 0 amide bonds. The zero-order chi connectivity index (χ0) is 5.98. The molecule has 0 radical (unpaired) electrons. The van der Waals surface area contributed by atoms with Gasteiger partial charge in [0.2, 0.25) is 0 Å². The normalized spacial score (nSPS) is 39.8. The summed E-state index contributed by atoms with van der Waals surface area (Å²) >= 11 is 0. The van der Waals surface area contributed by atoms with Gasteiger partial charge < -0.3 is 11.1 Å². The maximum absolute atomic E-state index is 5.63. The van der Waals surface area contributed by atoms with Gasteiger partial charge in [-0.05, 0) is 19.8 Å². The molecule has 1 aliphatic rings. The van der Waals surface area contributed by atoms with Crippen LogP contribution >= 0.6 is 0 Å². The summed E-state index contributed by atoms with van der Waals surface area (Å²) in [6.45, 7) is 3.20. The Hall–Kier alpha value is -0.0800. The molecule has 0 spiro atoms. The van der Waals surface area contributed by atoms with Gasteiger partial charge in [0.05, 0.1) is 0 Å². The van der Waals surface area contributed by atoms with E-state index < -0.39 is 0 Å². The summed E-state index contributed by atoms with van der Waals surface area (Å²) in [5.74, 6) is 0. The van der Waals surface area contributed by atoms with Gasteiger partial charge in [-0.3, -0.25) is 0 Å². The van der Waals surface area contributed by atoms with Gasteiger partial charge in [0.25, 0.3) is 0 Å². The lowest BCUT2D eigenvalue weighted by atomic mass is 10.0. The molecule has 3 N–H and O–H groups in total. The lowest BCUT2D eigenvalue weighted by Crippen LogP contribution is -2.43. The maximum atomic E-state index is 5.63. The molecule has 0 aromatic rings. The van der Waals surface area contributed by atoms with Gasteiger partial charge in [0, 0.05) is 18.6 Å². The Bertz CT molecular complexity index is 54.9. The molecule has 0 saturated carbocycles. The summed E-state index contributed by atoms with van der Waals surface area (Å²) < 4.78 is 0. The summed E-state index contributed by atoms with van der Waals surface area (Å²) in [4.78, 5) is 0. The molecule has 2 nitrogen and oxygen atoms in total. The molecule has 1 rings (SSSR count). The molecular formula is C6H14N2. The summed E-state index contributed by atoms with van der Waals surface area (Å²) in [7, 11) is 0. The van der Waals surface area contributed by atoms with Gasteiger partial charge in [0.15, 0.2) is 0 Å². The van der Waals surface area contributed by atoms with Gasteiger partial charge in [-0.2, -0.15) is 0 Å². The fraction of sp³-hybridized carbons (Fsp3) is 1.00. The lowest BCUT2D eigenvalue weighted by Gasteiger charge is -2.24. The molecule has 2 atom stereocenters. The quantitative estimate of drug-likeness (QED) is 0.468. The predicted molar refractivity (Wildman–Crippen MR) is 34.7 cm³/mol. The smallest absolute Gasteiger partial charge is 0.0165 e. The van der Waals surface area contributed by atoms with Crippen LogP contribution in [0.4, 0.5) is 0 Å². The van der Waals surface area contributed by atoms with Crippen molar-refractivity contribution in [2.45, 2.75) is 31.8 Å². The number of hydrogen-bond acceptors (Lipinski definition) is 2. The second kappa shape index (κ2) is 2.46. The predicted octanol–water partition coefficient (Wildman–Crippen LogP) is 0.0856. The Kier molecular flexibility index (Phi) is 1.86. The first kappa shape index (κ1) is 6.05. The van der Waals surface area contributed by atoms with Crippen LogP contribution in [0.15, 0.2) is 0 Å². The fourth-order valence-electron chi connectivity index (χ4n) is 1.02. The van der Waals surface area contributed by atoms with Gasteiger partial charge in [-0.1, -0.05) is 0 Å². The third kappa shape index (κ3) is 1.46. The van der Waals surface area contributed by atoms with E-state index in [1.165, 1.54) is 12.8 Å². The highest BCUT2D eigenvalue weighted by Crippen LogP contribution is 2.04. The molecule has 0 aliphatic carbocycles. The minimum absolute atomic E-state index is 0.409. The Morgan fingerprint density at radius 1 is 1.50 bits per heavy atom. The third-order valence-electron chi connectivity index (χ3n) is 1.70. The maximum Gasteiger partial charge on any atom is 0.0165 e. The highest BCUT2D eigenvalue weighted by Gasteiger charge is 2.12. The standard InChI is InChI=1S/C6H14N2/c1-5-2-3-6(7)4-8-5/h5-6,8H,2-4,7H2,1H3/t5-,6+/m1/s1. The average molecular weight is 114 g/mol. The fourth-order valence-corrected chi connectivity index (χ4v) is 1.02. The third-order valence-corrected chi connectivity index (χ3v) is 1.70. The molecule has 0 aromatic carbocycles. The van der Waals surface area contributed by atoms with E-state index in [-0.39, 0.29) is 0 Å². The lowest BCUT2D eigenvalue weighted by molar-refractivity contribution is 0.384. The van der Waals surface area contributed by atoms with E-state index >= 15 is 0 Å². The summed E-state index contributed by atoms with van der Waals surface area (Å²) in [5, 5.41) is 3.31. The van der Waals surface area contributed by atoms with Crippen LogP contribution in [0.25, 0.3) is 0 Å². The van der Waals surface area contributed by atoms with Crippen LogP contribution in [0.3, 0.4) is 0 Å². The molecule has 0 unspecified atom stereocenters. The molecule has 0 bridgehead atoms. The largest absolute Gasteiger partial charge is 0.327 e. The topological polar surface area (TPSA) is 38.0 Å². The molecule has 48 valence electrons. The van der Waals surface area contributed by atoms with Crippen molar-refractivity contribution >= 4 is 0 Å². The van der Waals surface area contributed by atoms with Crippen LogP contribution < -0.4 is 11.1 Å². The molecular weight excluding hydrogens is 100 g/mol. The second-order valence-electron chi connectivity index (χ2n) is 2.65. The zero-order valence-electron chi connectivity index (χ0n) is 5.35. The average Bonchev–Trinajstić information content (AvgIpc) is 1.77. The first-order chi connectivity index (χ1) is 3.79. The van der Waals surface area contributed by atoms with Crippen molar-refractivity contribution in [3.63, 3.8) is 0 Å². The Morgan fingerprint density at radius 3 is 2.62 bits per heavy atom. The highest BCUT2D eigenvalue weighted by atomic mass is 14.9. The number of hydrogen-bond donors (Lipinski definition) is 2. The van der Waals surface area contributed by atoms with Crippen LogP contribution in [0, 0.1) is 0 Å². The Morgan fingerprint density at radius 2 is 2.25 bits per heavy atom. The number of nitrogens with one attached hydrogen (secondary N) is 1. The summed E-state index contributed by atoms with van der Waals surface area (Å²) in [5.41, 5.74) is 5.63. The molecule has 1 heterocycles. The van der Waals surface area contributed by atoms with E-state index in [0.29, 0.717) is 12.1 Å². The minimum atomic E-state index is 0.409. The molecule has 8 heavy (non-hydrogen) atoms. The van der Waals surface area contributed by atoms with Crippen molar-refractivity contribution in [2.75, 3.05) is 6.54 Å². The highest BCUT2D eigenvalue weighted by molar-refractivity contribution is 4.75. The zero-order valence-corrected chi connectivity index (χ0v) is 5.35. The molecule has 1 saturated heterocycles. The van der Waals surface area contributed by atoms with Crippen molar-refractivity contribution < 1.29 is 0 Å². The van der Waals surface area contributed by atoms with E-state index in [9.17, 15) is 0 Å². The van der Waals surface area contributed by atoms with E-state index in [1.54, 1.807) is 0 Å². The van der Waals surface area contributed by atoms with Gasteiger partial charge in [0.1, 0.15) is 0 Å². The van der Waals surface area contributed by atoms with Crippen LogP contribution in [0.1, 0.15) is 19.8 Å². The van der Waals surface area contributed by atoms with E-state index in [2.05, 4.69) is 12.2 Å². The molecule has 0 aromatic heterocycles. The van der Waals surface area contributed by atoms with E-state index in [4.69, 9.17) is 5.73 Å². The van der Waals surface area contributed by atoms with Crippen LogP contribution in [-0.4, -0.2) is 18.6 Å². The van der Waals surface area contributed by atoms with Crippen LogP contribution in [-0.2, 0) is 0 Å². The van der Waals surface area contributed by atoms with E-state index in [1.807, 2.05) is 0 Å². The number of piperidine rings is 1. The minimum Gasteiger partial charge on any atom is -0.327 e. The number of nitrogens with two attached hydrogens (primary N) is 1.